The van der Waals surface area contributed by atoms with Crippen molar-refractivity contribution in [2.45, 2.75) is 8.65 Å². The topological polar surface area (TPSA) is 0 Å². The van der Waals surface area contributed by atoms with Crippen LogP contribution in [0, 0.1) is 0 Å². The predicted molar refractivity (Wildman–Crippen MR) is 99.7 cm³/mol. The molecule has 3 aliphatic rings. The quantitative estimate of drug-likeness (QED) is 0.533. The van der Waals surface area contributed by atoms with Crippen molar-refractivity contribution in [1.82, 2.24) is 0 Å². The molecular formula is C20H14Br2. The Morgan fingerprint density at radius 2 is 0.909 bits per heavy atom. The average molecular weight is 414 g/mol. The molecule has 0 spiro atoms. The van der Waals surface area contributed by atoms with E-state index < -0.39 is 0 Å². The summed E-state index contributed by atoms with van der Waals surface area (Å²) in [5.41, 5.74) is 7.41. The van der Waals surface area contributed by atoms with Gasteiger partial charge in [-0.05, 0) is 33.4 Å². The Labute approximate surface area is 147 Å². The molecule has 108 valence electrons. The average Bonchev–Trinajstić information content (AvgIpc) is 2.57. The van der Waals surface area contributed by atoms with E-state index in [-0.39, 0.29) is 8.65 Å². The Kier molecular flexibility index (Phi) is 2.95. The molecule has 5 rings (SSSR count). The first-order valence-electron chi connectivity index (χ1n) is 7.18. The minimum Gasteiger partial charge on any atom is -0.0987 e. The molecule has 0 aromatic heterocycles. The first-order chi connectivity index (χ1) is 10.6. The van der Waals surface area contributed by atoms with Crippen LogP contribution < -0.4 is 0 Å². The zero-order valence-electron chi connectivity index (χ0n) is 11.9. The van der Waals surface area contributed by atoms with Crippen LogP contribution in [0.4, 0.5) is 0 Å². The minimum atomic E-state index is -0.360. The normalized spacial score (nSPS) is 28.1. The molecule has 0 atom stereocenters. The van der Waals surface area contributed by atoms with Crippen molar-refractivity contribution in [3.05, 3.63) is 107 Å². The third kappa shape index (κ3) is 1.38. The predicted octanol–water partition coefficient (Wildman–Crippen LogP) is 5.96. The lowest BCUT2D eigenvalue weighted by molar-refractivity contribution is 0.701. The zero-order valence-corrected chi connectivity index (χ0v) is 15.1. The molecule has 0 fully saturated rings. The fraction of sp³-hybridized carbons (Fsp3) is 0.100. The Balaban J connectivity index is 2.27. The molecule has 0 unspecified atom stereocenters. The largest absolute Gasteiger partial charge is 0.101 e. The summed E-state index contributed by atoms with van der Waals surface area (Å²) in [4.78, 5) is 0. The second-order valence-corrected chi connectivity index (χ2v) is 8.02. The van der Waals surface area contributed by atoms with E-state index in [1.165, 1.54) is 22.3 Å². The van der Waals surface area contributed by atoms with E-state index >= 15 is 0 Å². The van der Waals surface area contributed by atoms with Crippen molar-refractivity contribution in [1.29, 1.82) is 0 Å². The van der Waals surface area contributed by atoms with Gasteiger partial charge in [0, 0.05) is 0 Å². The molecule has 22 heavy (non-hydrogen) atoms. The van der Waals surface area contributed by atoms with Crippen LogP contribution in [0.3, 0.4) is 0 Å². The van der Waals surface area contributed by atoms with Gasteiger partial charge in [-0.3, -0.25) is 0 Å². The van der Waals surface area contributed by atoms with E-state index in [1.54, 1.807) is 0 Å². The highest BCUT2D eigenvalue weighted by Gasteiger charge is 2.56. The maximum absolute atomic E-state index is 4.07. The summed E-state index contributed by atoms with van der Waals surface area (Å²) in [7, 11) is 0. The maximum atomic E-state index is 4.07. The lowest BCUT2D eigenvalue weighted by atomic mass is 9.60. The standard InChI is InChI=1S/C20H14Br2/c1-3-13-14(4-2)20(22)17-11-7-5-9-15(17)19(13,21)16-10-6-8-12-18(16)20/h3-12H,1-2H2. The number of hydrogen-bond acceptors (Lipinski definition) is 0. The second kappa shape index (κ2) is 4.56. The molecule has 2 aromatic rings. The number of benzene rings is 2. The van der Waals surface area contributed by atoms with Gasteiger partial charge in [0.1, 0.15) is 8.65 Å². The van der Waals surface area contributed by atoms with Crippen molar-refractivity contribution in [3.8, 4) is 0 Å². The van der Waals surface area contributed by atoms with Gasteiger partial charge in [0.2, 0.25) is 0 Å². The van der Waals surface area contributed by atoms with Gasteiger partial charge in [-0.15, -0.1) is 0 Å². The molecule has 0 aliphatic heterocycles. The van der Waals surface area contributed by atoms with Gasteiger partial charge in [0.25, 0.3) is 0 Å². The highest BCUT2D eigenvalue weighted by Crippen LogP contribution is 2.66. The number of allylic oxidation sites excluding steroid dienone is 4. The van der Waals surface area contributed by atoms with Crippen molar-refractivity contribution < 1.29 is 0 Å². The molecule has 0 nitrogen and oxygen atoms in total. The summed E-state index contributed by atoms with van der Waals surface area (Å²) in [5.74, 6) is 0. The van der Waals surface area contributed by atoms with Gasteiger partial charge in [-0.2, -0.15) is 0 Å². The van der Waals surface area contributed by atoms with Crippen LogP contribution in [0.5, 0.6) is 0 Å². The molecule has 3 aliphatic carbocycles. The first kappa shape index (κ1) is 14.2. The van der Waals surface area contributed by atoms with Crippen LogP contribution in [0.25, 0.3) is 0 Å². The van der Waals surface area contributed by atoms with E-state index in [0.717, 1.165) is 11.1 Å². The lowest BCUT2D eigenvalue weighted by Crippen LogP contribution is -2.44. The molecule has 2 aromatic carbocycles. The van der Waals surface area contributed by atoms with Crippen molar-refractivity contribution in [3.63, 3.8) is 0 Å². The summed E-state index contributed by atoms with van der Waals surface area (Å²) in [5, 5.41) is 0. The van der Waals surface area contributed by atoms with E-state index in [9.17, 15) is 0 Å². The Bertz CT molecular complexity index is 740. The molecular weight excluding hydrogens is 400 g/mol. The third-order valence-corrected chi connectivity index (χ3v) is 7.34. The zero-order chi connectivity index (χ0) is 15.5. The molecule has 0 radical (unpaired) electrons. The van der Waals surface area contributed by atoms with Crippen molar-refractivity contribution >= 4 is 31.9 Å². The van der Waals surface area contributed by atoms with Crippen molar-refractivity contribution in [2.75, 3.05) is 0 Å². The van der Waals surface area contributed by atoms with Gasteiger partial charge in [0.05, 0.1) is 0 Å². The second-order valence-electron chi connectivity index (χ2n) is 5.64. The van der Waals surface area contributed by atoms with Crippen LogP contribution in [-0.4, -0.2) is 0 Å². The molecule has 0 N–H and O–H groups in total. The molecule has 2 heteroatoms. The van der Waals surface area contributed by atoms with Gasteiger partial charge in [-0.25, -0.2) is 0 Å². The third-order valence-electron chi connectivity index (χ3n) is 4.78. The van der Waals surface area contributed by atoms with Crippen LogP contribution >= 0.6 is 31.9 Å². The van der Waals surface area contributed by atoms with E-state index in [0.29, 0.717) is 0 Å². The molecule has 0 saturated heterocycles. The van der Waals surface area contributed by atoms with Gasteiger partial charge in [0.15, 0.2) is 0 Å². The Morgan fingerprint density at radius 1 is 0.636 bits per heavy atom. The summed E-state index contributed by atoms with van der Waals surface area (Å²) in [6.45, 7) is 8.13. The molecule has 0 saturated carbocycles. The van der Waals surface area contributed by atoms with Gasteiger partial charge >= 0.3 is 0 Å². The summed E-state index contributed by atoms with van der Waals surface area (Å²) >= 11 is 8.13. The van der Waals surface area contributed by atoms with Crippen LogP contribution in [-0.2, 0) is 8.65 Å². The lowest BCUT2D eigenvalue weighted by Gasteiger charge is -2.52. The van der Waals surface area contributed by atoms with E-state index in [4.69, 9.17) is 0 Å². The summed E-state index contributed by atoms with van der Waals surface area (Å²) in [6.07, 6.45) is 3.90. The SMILES string of the molecule is C=CC1=C(C=C)C2(Br)c3ccccc3C1(Br)c1ccccc12. The number of hydrogen-bond donors (Lipinski definition) is 0. The van der Waals surface area contributed by atoms with Crippen LogP contribution in [0.2, 0.25) is 0 Å². The Morgan fingerprint density at radius 3 is 1.14 bits per heavy atom. The fourth-order valence-electron chi connectivity index (χ4n) is 3.91. The van der Waals surface area contributed by atoms with Crippen LogP contribution in [0.1, 0.15) is 22.3 Å². The fourth-order valence-corrected chi connectivity index (χ4v) is 6.04. The first-order valence-corrected chi connectivity index (χ1v) is 8.76. The maximum Gasteiger partial charge on any atom is 0.101 e. The van der Waals surface area contributed by atoms with Crippen molar-refractivity contribution in [2.24, 2.45) is 0 Å². The van der Waals surface area contributed by atoms with Gasteiger partial charge < -0.3 is 0 Å². The Hall–Kier alpha value is -1.38. The molecule has 0 amide bonds. The monoisotopic (exact) mass is 412 g/mol. The minimum absolute atomic E-state index is 0.360. The highest BCUT2D eigenvalue weighted by molar-refractivity contribution is 9.10. The number of halogens is 2. The smallest absolute Gasteiger partial charge is 0.0987 e. The molecule has 2 bridgehead atoms. The van der Waals surface area contributed by atoms with Crippen LogP contribution in [0.15, 0.2) is 85.0 Å². The summed E-state index contributed by atoms with van der Waals surface area (Å²) in [6, 6.07) is 17.1. The summed E-state index contributed by atoms with van der Waals surface area (Å²) < 4.78 is -0.720. The number of alkyl halides is 2. The molecule has 0 heterocycles. The van der Waals surface area contributed by atoms with E-state index in [1.807, 2.05) is 12.2 Å². The van der Waals surface area contributed by atoms with Gasteiger partial charge in [-0.1, -0.05) is 106 Å². The van der Waals surface area contributed by atoms with E-state index in [2.05, 4.69) is 93.5 Å². The highest BCUT2D eigenvalue weighted by atomic mass is 79.9. The number of rotatable bonds is 2.